The van der Waals surface area contributed by atoms with E-state index in [1.54, 1.807) is 0 Å². The minimum absolute atomic E-state index is 0.0240. The lowest BCUT2D eigenvalue weighted by Gasteiger charge is -2.44. The van der Waals surface area contributed by atoms with Gasteiger partial charge in [-0.05, 0) is 31.6 Å². The molecule has 3 nitrogen and oxygen atoms in total. The topological polar surface area (TPSA) is 55.1 Å². The molecule has 0 saturated heterocycles. The zero-order chi connectivity index (χ0) is 13.2. The third-order valence-corrected chi connectivity index (χ3v) is 4.55. The molecule has 0 heterocycles. The normalized spacial score (nSPS) is 31.2. The zero-order valence-electron chi connectivity index (χ0n) is 11.2. The molecule has 1 aliphatic carbocycles. The van der Waals surface area contributed by atoms with E-state index in [4.69, 9.17) is 18.0 Å². The molecular weight excluding hydrogens is 232 g/mol. The van der Waals surface area contributed by atoms with Gasteiger partial charge in [-0.1, -0.05) is 39.4 Å². The van der Waals surface area contributed by atoms with Gasteiger partial charge in [-0.2, -0.15) is 0 Å². The Hall–Kier alpha value is -0.640. The number of hydrogen-bond donors (Lipinski definition) is 2. The molecule has 0 aliphatic heterocycles. The van der Waals surface area contributed by atoms with E-state index in [1.807, 2.05) is 6.92 Å². The number of nitrogens with one attached hydrogen (secondary N) is 1. The Kier molecular flexibility index (Phi) is 4.53. The van der Waals surface area contributed by atoms with E-state index in [-0.39, 0.29) is 11.9 Å². The Morgan fingerprint density at radius 1 is 1.53 bits per heavy atom. The molecular formula is C13H24N2OS. The predicted molar refractivity (Wildman–Crippen MR) is 74.7 cm³/mol. The molecule has 0 aromatic heterocycles. The summed E-state index contributed by atoms with van der Waals surface area (Å²) in [5, 5.41) is 3.07. The smallest absolute Gasteiger partial charge is 0.233 e. The fourth-order valence-electron chi connectivity index (χ4n) is 2.47. The van der Waals surface area contributed by atoms with Crippen molar-refractivity contribution in [1.82, 2.24) is 5.32 Å². The van der Waals surface area contributed by atoms with Gasteiger partial charge in [0.1, 0.15) is 0 Å². The highest BCUT2D eigenvalue weighted by Crippen LogP contribution is 2.46. The fraction of sp³-hybridized carbons (Fsp3) is 0.846. The molecule has 2 atom stereocenters. The highest BCUT2D eigenvalue weighted by Gasteiger charge is 2.51. The maximum Gasteiger partial charge on any atom is 0.233 e. The molecule has 4 heteroatoms. The number of carbonyl (C=O) groups excluding carboxylic acids is 1. The van der Waals surface area contributed by atoms with E-state index >= 15 is 0 Å². The van der Waals surface area contributed by atoms with Crippen LogP contribution in [0.2, 0.25) is 0 Å². The van der Waals surface area contributed by atoms with Crippen LogP contribution in [0.5, 0.6) is 0 Å². The lowest BCUT2D eigenvalue weighted by atomic mass is 9.62. The van der Waals surface area contributed by atoms with Crippen molar-refractivity contribution in [3.8, 4) is 0 Å². The minimum atomic E-state index is -0.573. The number of rotatable bonds is 5. The van der Waals surface area contributed by atoms with Crippen molar-refractivity contribution in [2.24, 2.45) is 23.0 Å². The van der Waals surface area contributed by atoms with Gasteiger partial charge in [0.25, 0.3) is 0 Å². The van der Waals surface area contributed by atoms with Gasteiger partial charge in [0.15, 0.2) is 0 Å². The standard InChI is InChI=1S/C13H24N2OS/c1-5-9(3)10(4)15-12(16)13(11(14)17)6-8(2)7-13/h8-10H,5-7H2,1-4H3,(H2,14,17)(H,15,16). The molecule has 0 aromatic carbocycles. The van der Waals surface area contributed by atoms with Crippen LogP contribution >= 0.6 is 12.2 Å². The van der Waals surface area contributed by atoms with Crippen molar-refractivity contribution >= 4 is 23.1 Å². The van der Waals surface area contributed by atoms with Gasteiger partial charge in [-0.25, -0.2) is 0 Å². The molecule has 2 unspecified atom stereocenters. The van der Waals surface area contributed by atoms with Gasteiger partial charge in [0.2, 0.25) is 5.91 Å². The summed E-state index contributed by atoms with van der Waals surface area (Å²) in [5.41, 5.74) is 5.18. The SMILES string of the molecule is CCC(C)C(C)NC(=O)C1(C(N)=S)CC(C)C1. The number of nitrogens with two attached hydrogens (primary N) is 1. The summed E-state index contributed by atoms with van der Waals surface area (Å²) in [6.45, 7) is 8.44. The van der Waals surface area contributed by atoms with E-state index in [1.165, 1.54) is 0 Å². The first-order valence-electron chi connectivity index (χ1n) is 6.44. The molecule has 0 spiro atoms. The molecule has 3 N–H and O–H groups in total. The van der Waals surface area contributed by atoms with Crippen molar-refractivity contribution in [3.05, 3.63) is 0 Å². The van der Waals surface area contributed by atoms with Crippen LogP contribution in [0.25, 0.3) is 0 Å². The number of hydrogen-bond acceptors (Lipinski definition) is 2. The van der Waals surface area contributed by atoms with Gasteiger partial charge in [0.05, 0.1) is 10.4 Å². The third kappa shape index (κ3) is 2.79. The average Bonchev–Trinajstić information content (AvgIpc) is 2.22. The molecule has 98 valence electrons. The lowest BCUT2D eigenvalue weighted by molar-refractivity contribution is -0.133. The van der Waals surface area contributed by atoms with Crippen LogP contribution in [0.15, 0.2) is 0 Å². The Labute approximate surface area is 110 Å². The van der Waals surface area contributed by atoms with Gasteiger partial charge in [-0.15, -0.1) is 0 Å². The molecule has 1 rings (SSSR count). The summed E-state index contributed by atoms with van der Waals surface area (Å²) >= 11 is 5.07. The minimum Gasteiger partial charge on any atom is -0.392 e. The van der Waals surface area contributed by atoms with E-state index in [0.717, 1.165) is 19.3 Å². The second-order valence-electron chi connectivity index (χ2n) is 5.61. The predicted octanol–water partition coefficient (Wildman–Crippen LogP) is 2.24. The Morgan fingerprint density at radius 3 is 2.41 bits per heavy atom. The van der Waals surface area contributed by atoms with E-state index < -0.39 is 5.41 Å². The van der Waals surface area contributed by atoms with Crippen molar-refractivity contribution in [1.29, 1.82) is 0 Å². The monoisotopic (exact) mass is 256 g/mol. The Morgan fingerprint density at radius 2 is 2.06 bits per heavy atom. The van der Waals surface area contributed by atoms with Crippen LogP contribution < -0.4 is 11.1 Å². The maximum absolute atomic E-state index is 12.3. The molecule has 1 amide bonds. The van der Waals surface area contributed by atoms with Gasteiger partial charge in [-0.3, -0.25) is 4.79 Å². The van der Waals surface area contributed by atoms with Crippen LogP contribution in [-0.2, 0) is 4.79 Å². The zero-order valence-corrected chi connectivity index (χ0v) is 12.1. The fourth-order valence-corrected chi connectivity index (χ4v) is 2.73. The molecule has 1 aliphatic rings. The molecule has 1 saturated carbocycles. The summed E-state index contributed by atoms with van der Waals surface area (Å²) < 4.78 is 0. The van der Waals surface area contributed by atoms with Crippen molar-refractivity contribution in [2.75, 3.05) is 0 Å². The van der Waals surface area contributed by atoms with E-state index in [2.05, 4.69) is 26.1 Å². The van der Waals surface area contributed by atoms with Gasteiger partial charge >= 0.3 is 0 Å². The van der Waals surface area contributed by atoms with Crippen LogP contribution in [0.3, 0.4) is 0 Å². The second-order valence-corrected chi connectivity index (χ2v) is 6.05. The Bertz CT molecular complexity index is 311. The molecule has 0 aromatic rings. The molecule has 0 radical (unpaired) electrons. The molecule has 17 heavy (non-hydrogen) atoms. The molecule has 1 fully saturated rings. The van der Waals surface area contributed by atoms with E-state index in [9.17, 15) is 4.79 Å². The summed E-state index contributed by atoms with van der Waals surface area (Å²) in [4.78, 5) is 12.6. The highest BCUT2D eigenvalue weighted by molar-refractivity contribution is 7.80. The van der Waals surface area contributed by atoms with Gasteiger partial charge < -0.3 is 11.1 Å². The quantitative estimate of drug-likeness (QED) is 0.742. The highest BCUT2D eigenvalue weighted by atomic mass is 32.1. The largest absolute Gasteiger partial charge is 0.392 e. The maximum atomic E-state index is 12.3. The number of carbonyl (C=O) groups is 1. The average molecular weight is 256 g/mol. The summed E-state index contributed by atoms with van der Waals surface area (Å²) in [5.74, 6) is 1.04. The third-order valence-electron chi connectivity index (χ3n) is 4.16. The Balaban J connectivity index is 2.65. The van der Waals surface area contributed by atoms with E-state index in [0.29, 0.717) is 16.8 Å². The van der Waals surface area contributed by atoms with Gasteiger partial charge in [0, 0.05) is 6.04 Å². The van der Waals surface area contributed by atoms with Crippen molar-refractivity contribution in [2.45, 2.75) is 53.0 Å². The summed E-state index contributed by atoms with van der Waals surface area (Å²) in [7, 11) is 0. The lowest BCUT2D eigenvalue weighted by Crippen LogP contribution is -2.57. The van der Waals surface area contributed by atoms with Crippen LogP contribution in [0, 0.1) is 17.3 Å². The van der Waals surface area contributed by atoms with Crippen LogP contribution in [0.1, 0.15) is 47.0 Å². The number of thiocarbonyl (C=S) groups is 1. The summed E-state index contributed by atoms with van der Waals surface area (Å²) in [6, 6.07) is 0.176. The first kappa shape index (κ1) is 14.4. The van der Waals surface area contributed by atoms with Crippen molar-refractivity contribution < 1.29 is 4.79 Å². The van der Waals surface area contributed by atoms with Crippen molar-refractivity contribution in [3.63, 3.8) is 0 Å². The van der Waals surface area contributed by atoms with Crippen LogP contribution in [0.4, 0.5) is 0 Å². The van der Waals surface area contributed by atoms with Crippen LogP contribution in [-0.4, -0.2) is 16.9 Å². The molecule has 0 bridgehead atoms. The summed E-state index contributed by atoms with van der Waals surface area (Å²) in [6.07, 6.45) is 2.64. The first-order chi connectivity index (χ1) is 7.83. The second kappa shape index (κ2) is 5.34. The first-order valence-corrected chi connectivity index (χ1v) is 6.85. The number of amides is 1.